The molecule has 1 atom stereocenters. The quantitative estimate of drug-likeness (QED) is 0.752. The lowest BCUT2D eigenvalue weighted by Crippen LogP contribution is -2.45. The molecule has 162 valence electrons. The molecule has 0 radical (unpaired) electrons. The zero-order valence-corrected chi connectivity index (χ0v) is 19.0. The Kier molecular flexibility index (Phi) is 6.13. The topological polar surface area (TPSA) is 75.7 Å². The monoisotopic (exact) mass is 430 g/mol. The summed E-state index contributed by atoms with van der Waals surface area (Å²) in [5, 5.41) is 3.01. The van der Waals surface area contributed by atoms with Gasteiger partial charge in [0.1, 0.15) is 17.9 Å². The van der Waals surface area contributed by atoms with Crippen molar-refractivity contribution < 1.29 is 17.9 Å². The Bertz CT molecular complexity index is 1010. The SMILES string of the molecule is CC(C)c1ccc(N(CC(=O)N[C@H]2CC(C)(C)Oc3ccccc32)S(C)(=O)=O)cc1. The van der Waals surface area contributed by atoms with E-state index in [2.05, 4.69) is 19.2 Å². The first-order valence-corrected chi connectivity index (χ1v) is 12.0. The summed E-state index contributed by atoms with van der Waals surface area (Å²) >= 11 is 0. The van der Waals surface area contributed by atoms with Gasteiger partial charge in [0.15, 0.2) is 0 Å². The fraction of sp³-hybridized carbons (Fsp3) is 0.435. The summed E-state index contributed by atoms with van der Waals surface area (Å²) < 4.78 is 32.0. The van der Waals surface area contributed by atoms with Crippen molar-refractivity contribution in [1.29, 1.82) is 0 Å². The van der Waals surface area contributed by atoms with Crippen LogP contribution >= 0.6 is 0 Å². The molecule has 6 nitrogen and oxygen atoms in total. The molecule has 2 aromatic rings. The van der Waals surface area contributed by atoms with Gasteiger partial charge in [0.25, 0.3) is 0 Å². The number of carbonyl (C=O) groups excluding carboxylic acids is 1. The zero-order chi connectivity index (χ0) is 22.1. The number of nitrogens with one attached hydrogen (secondary N) is 1. The van der Waals surface area contributed by atoms with E-state index in [0.717, 1.165) is 27.4 Å². The van der Waals surface area contributed by atoms with Crippen molar-refractivity contribution in [2.75, 3.05) is 17.1 Å². The number of ether oxygens (including phenoxy) is 1. The first kappa shape index (κ1) is 22.2. The molecule has 0 bridgehead atoms. The summed E-state index contributed by atoms with van der Waals surface area (Å²) in [5.74, 6) is 0.722. The minimum Gasteiger partial charge on any atom is -0.487 e. The lowest BCUT2D eigenvalue weighted by Gasteiger charge is -2.38. The number of fused-ring (bicyclic) bond motifs is 1. The maximum absolute atomic E-state index is 12.9. The predicted molar refractivity (Wildman–Crippen MR) is 119 cm³/mol. The number of nitrogens with zero attached hydrogens (tertiary/aromatic N) is 1. The van der Waals surface area contributed by atoms with Crippen molar-refractivity contribution in [3.8, 4) is 5.75 Å². The molecule has 0 aromatic heterocycles. The predicted octanol–water partition coefficient (Wildman–Crippen LogP) is 3.99. The highest BCUT2D eigenvalue weighted by atomic mass is 32.2. The second-order valence-electron chi connectivity index (χ2n) is 8.74. The zero-order valence-electron chi connectivity index (χ0n) is 18.2. The van der Waals surface area contributed by atoms with Crippen LogP contribution in [0.2, 0.25) is 0 Å². The van der Waals surface area contributed by atoms with E-state index < -0.39 is 15.6 Å². The molecule has 2 aromatic carbocycles. The number of hydrogen-bond acceptors (Lipinski definition) is 4. The van der Waals surface area contributed by atoms with E-state index in [1.807, 2.05) is 50.2 Å². The Labute approximate surface area is 179 Å². The van der Waals surface area contributed by atoms with Crippen molar-refractivity contribution in [3.05, 3.63) is 59.7 Å². The highest BCUT2D eigenvalue weighted by molar-refractivity contribution is 7.92. The fourth-order valence-electron chi connectivity index (χ4n) is 3.73. The standard InChI is InChI=1S/C23H30N2O4S/c1-16(2)17-10-12-18(13-11-17)25(30(5,27)28)15-22(26)24-20-14-23(3,4)29-21-9-7-6-8-19(20)21/h6-13,16,20H,14-15H2,1-5H3,(H,24,26)/t20-/m0/s1. The first-order chi connectivity index (χ1) is 14.0. The minimum absolute atomic E-state index is 0.248. The van der Waals surface area contributed by atoms with Crippen LogP contribution in [0.5, 0.6) is 5.75 Å². The number of sulfonamides is 1. The molecule has 0 saturated carbocycles. The van der Waals surface area contributed by atoms with Gasteiger partial charge in [-0.1, -0.05) is 44.2 Å². The first-order valence-electron chi connectivity index (χ1n) is 10.1. The van der Waals surface area contributed by atoms with Gasteiger partial charge in [0.2, 0.25) is 15.9 Å². The Morgan fingerprint density at radius 3 is 2.40 bits per heavy atom. The Balaban J connectivity index is 1.80. The van der Waals surface area contributed by atoms with Gasteiger partial charge < -0.3 is 10.1 Å². The van der Waals surface area contributed by atoms with E-state index in [1.54, 1.807) is 12.1 Å². The number of rotatable bonds is 6. The van der Waals surface area contributed by atoms with Crippen LogP contribution in [-0.4, -0.2) is 32.7 Å². The van der Waals surface area contributed by atoms with E-state index in [0.29, 0.717) is 18.0 Å². The average molecular weight is 431 g/mol. The molecular weight excluding hydrogens is 400 g/mol. The van der Waals surface area contributed by atoms with Gasteiger partial charge in [-0.05, 0) is 43.5 Å². The molecule has 0 aliphatic carbocycles. The largest absolute Gasteiger partial charge is 0.487 e. The molecule has 3 rings (SSSR count). The number of carbonyl (C=O) groups is 1. The second kappa shape index (κ2) is 8.30. The van der Waals surface area contributed by atoms with E-state index in [4.69, 9.17) is 4.74 Å². The minimum atomic E-state index is -3.62. The van der Waals surface area contributed by atoms with Crippen LogP contribution in [0.4, 0.5) is 5.69 Å². The molecule has 1 heterocycles. The third-order valence-electron chi connectivity index (χ3n) is 5.25. The van der Waals surface area contributed by atoms with Gasteiger partial charge in [0, 0.05) is 12.0 Å². The third kappa shape index (κ3) is 5.14. The fourth-order valence-corrected chi connectivity index (χ4v) is 4.58. The summed E-state index contributed by atoms with van der Waals surface area (Å²) in [5.41, 5.74) is 2.05. The number of hydrogen-bond donors (Lipinski definition) is 1. The van der Waals surface area contributed by atoms with Crippen molar-refractivity contribution in [1.82, 2.24) is 5.32 Å². The van der Waals surface area contributed by atoms with E-state index in [9.17, 15) is 13.2 Å². The summed E-state index contributed by atoms with van der Waals surface area (Å²) in [7, 11) is -3.62. The Hall–Kier alpha value is -2.54. The summed E-state index contributed by atoms with van der Waals surface area (Å²) in [6.45, 7) is 7.82. The van der Waals surface area contributed by atoms with Crippen molar-refractivity contribution >= 4 is 21.6 Å². The smallest absolute Gasteiger partial charge is 0.241 e. The molecule has 1 amide bonds. The van der Waals surface area contributed by atoms with Gasteiger partial charge >= 0.3 is 0 Å². The normalized spacial score (nSPS) is 17.7. The Morgan fingerprint density at radius 2 is 1.80 bits per heavy atom. The highest BCUT2D eigenvalue weighted by Crippen LogP contribution is 2.39. The summed E-state index contributed by atoms with van der Waals surface area (Å²) in [6, 6.07) is 14.6. The summed E-state index contributed by atoms with van der Waals surface area (Å²) in [4.78, 5) is 12.9. The van der Waals surface area contributed by atoms with Crippen LogP contribution in [0.1, 0.15) is 57.2 Å². The van der Waals surface area contributed by atoms with Crippen LogP contribution in [0.3, 0.4) is 0 Å². The van der Waals surface area contributed by atoms with Crippen molar-refractivity contribution in [3.63, 3.8) is 0 Å². The van der Waals surface area contributed by atoms with Crippen molar-refractivity contribution in [2.45, 2.75) is 51.7 Å². The van der Waals surface area contributed by atoms with Crippen LogP contribution < -0.4 is 14.4 Å². The van der Waals surface area contributed by atoms with Crippen LogP contribution in [0, 0.1) is 0 Å². The molecule has 1 aliphatic heterocycles. The lowest BCUT2D eigenvalue weighted by molar-refractivity contribution is -0.120. The van der Waals surface area contributed by atoms with Gasteiger partial charge in [-0.2, -0.15) is 0 Å². The van der Waals surface area contributed by atoms with Gasteiger partial charge in [0.05, 0.1) is 18.0 Å². The number of amides is 1. The van der Waals surface area contributed by atoms with Gasteiger partial charge in [-0.3, -0.25) is 9.10 Å². The maximum atomic E-state index is 12.9. The maximum Gasteiger partial charge on any atom is 0.241 e. The van der Waals surface area contributed by atoms with Gasteiger partial charge in [-0.15, -0.1) is 0 Å². The molecule has 30 heavy (non-hydrogen) atoms. The molecule has 0 saturated heterocycles. The second-order valence-corrected chi connectivity index (χ2v) is 10.6. The number of benzene rings is 2. The molecule has 1 aliphatic rings. The van der Waals surface area contributed by atoms with Crippen LogP contribution in [0.15, 0.2) is 48.5 Å². The highest BCUT2D eigenvalue weighted by Gasteiger charge is 2.34. The number of anilines is 1. The van der Waals surface area contributed by atoms with Crippen LogP contribution in [-0.2, 0) is 14.8 Å². The molecule has 1 N–H and O–H groups in total. The third-order valence-corrected chi connectivity index (χ3v) is 6.39. The van der Waals surface area contributed by atoms with Crippen LogP contribution in [0.25, 0.3) is 0 Å². The van der Waals surface area contributed by atoms with Gasteiger partial charge in [-0.25, -0.2) is 8.42 Å². The molecule has 0 fully saturated rings. The Morgan fingerprint density at radius 1 is 1.17 bits per heavy atom. The van der Waals surface area contributed by atoms with E-state index in [-0.39, 0.29) is 18.5 Å². The van der Waals surface area contributed by atoms with E-state index in [1.165, 1.54) is 0 Å². The summed E-state index contributed by atoms with van der Waals surface area (Å²) in [6.07, 6.45) is 1.71. The van der Waals surface area contributed by atoms with E-state index >= 15 is 0 Å². The molecular formula is C23H30N2O4S. The average Bonchev–Trinajstić information content (AvgIpc) is 2.64. The lowest BCUT2D eigenvalue weighted by atomic mass is 9.89. The number of para-hydroxylation sites is 1. The molecule has 0 unspecified atom stereocenters. The molecule has 7 heteroatoms. The molecule has 0 spiro atoms. The van der Waals surface area contributed by atoms with Crippen molar-refractivity contribution in [2.24, 2.45) is 0 Å².